The number of rotatable bonds is 5. The van der Waals surface area contributed by atoms with Crippen molar-refractivity contribution in [2.75, 3.05) is 0 Å². The minimum atomic E-state index is -0.124. The van der Waals surface area contributed by atoms with Crippen molar-refractivity contribution in [1.29, 1.82) is 0 Å². The van der Waals surface area contributed by atoms with Crippen LogP contribution in [-0.4, -0.2) is 16.1 Å². The highest BCUT2D eigenvalue weighted by atomic mass is 32.2. The number of benzene rings is 1. The van der Waals surface area contributed by atoms with Crippen LogP contribution in [0.2, 0.25) is 0 Å². The molecule has 4 heteroatoms. The molecule has 0 fully saturated rings. The minimum absolute atomic E-state index is 0.0289. The fraction of sp³-hybridized carbons (Fsp3) is 0.250. The third-order valence-corrected chi connectivity index (χ3v) is 3.98. The van der Waals surface area contributed by atoms with Crippen molar-refractivity contribution in [3.63, 3.8) is 0 Å². The summed E-state index contributed by atoms with van der Waals surface area (Å²) >= 11 is 1.56. The molecule has 1 heterocycles. The Kier molecular flexibility index (Phi) is 5.18. The van der Waals surface area contributed by atoms with Crippen LogP contribution in [0, 0.1) is 6.92 Å². The molecule has 1 atom stereocenters. The molecule has 2 rings (SSSR count). The van der Waals surface area contributed by atoms with E-state index in [1.165, 1.54) is 5.56 Å². The smallest absolute Gasteiger partial charge is 0.233 e. The maximum absolute atomic E-state index is 12.0. The first-order valence-corrected chi connectivity index (χ1v) is 7.44. The van der Waals surface area contributed by atoms with Gasteiger partial charge in [-0.15, -0.1) is 11.8 Å². The van der Waals surface area contributed by atoms with Crippen LogP contribution >= 0.6 is 11.8 Å². The number of aromatic nitrogens is 1. The fourth-order valence-electron chi connectivity index (χ4n) is 1.70. The zero-order valence-corrected chi connectivity index (χ0v) is 12.5. The molecule has 0 aliphatic rings. The molecule has 0 aliphatic carbocycles. The number of carbonyl (C=O) groups is 1. The molecule has 0 saturated heterocycles. The Labute approximate surface area is 123 Å². The average Bonchev–Trinajstić information content (AvgIpc) is 2.48. The Bertz CT molecular complexity index is 554. The lowest BCUT2D eigenvalue weighted by molar-refractivity contribution is -0.120. The zero-order chi connectivity index (χ0) is 14.4. The molecule has 0 radical (unpaired) electrons. The molecule has 3 nitrogen and oxygen atoms in total. The summed E-state index contributed by atoms with van der Waals surface area (Å²) in [6.45, 7) is 4.44. The molecule has 2 aromatic rings. The van der Waals surface area contributed by atoms with E-state index in [1.54, 1.807) is 18.0 Å². The third-order valence-electron chi connectivity index (χ3n) is 2.87. The second-order valence-corrected chi connectivity index (χ2v) is 6.03. The highest BCUT2D eigenvalue weighted by Crippen LogP contribution is 2.23. The van der Waals surface area contributed by atoms with Gasteiger partial charge in [-0.2, -0.15) is 0 Å². The molecule has 1 amide bonds. The average molecular weight is 286 g/mol. The molecule has 1 aromatic heterocycles. The van der Waals surface area contributed by atoms with Gasteiger partial charge in [0.2, 0.25) is 5.91 Å². The van der Waals surface area contributed by atoms with Crippen LogP contribution in [0.25, 0.3) is 0 Å². The topological polar surface area (TPSA) is 42.0 Å². The van der Waals surface area contributed by atoms with E-state index < -0.39 is 0 Å². The number of thioether (sulfide) groups is 1. The van der Waals surface area contributed by atoms with Gasteiger partial charge >= 0.3 is 0 Å². The van der Waals surface area contributed by atoms with Crippen LogP contribution in [0.3, 0.4) is 0 Å². The SMILES string of the molecule is Cc1ccc(S[C@H](C)C(=O)NCc2ccccn2)cc1. The highest BCUT2D eigenvalue weighted by Gasteiger charge is 2.13. The summed E-state index contributed by atoms with van der Waals surface area (Å²) in [4.78, 5) is 17.3. The predicted octanol–water partition coefficient (Wildman–Crippen LogP) is 3.19. The van der Waals surface area contributed by atoms with E-state index in [2.05, 4.69) is 29.4 Å². The predicted molar refractivity (Wildman–Crippen MR) is 82.6 cm³/mol. The molecule has 0 spiro atoms. The monoisotopic (exact) mass is 286 g/mol. The number of nitrogens with one attached hydrogen (secondary N) is 1. The first kappa shape index (κ1) is 14.6. The number of nitrogens with zero attached hydrogens (tertiary/aromatic N) is 1. The molecule has 20 heavy (non-hydrogen) atoms. The van der Waals surface area contributed by atoms with Crippen LogP contribution in [0.5, 0.6) is 0 Å². The highest BCUT2D eigenvalue weighted by molar-refractivity contribution is 8.00. The van der Waals surface area contributed by atoms with Crippen LogP contribution < -0.4 is 5.32 Å². The minimum Gasteiger partial charge on any atom is -0.349 e. The van der Waals surface area contributed by atoms with Gasteiger partial charge < -0.3 is 5.32 Å². The van der Waals surface area contributed by atoms with Crippen molar-refractivity contribution in [1.82, 2.24) is 10.3 Å². The summed E-state index contributed by atoms with van der Waals surface area (Å²) in [6.07, 6.45) is 1.73. The Balaban J connectivity index is 1.84. The van der Waals surface area contributed by atoms with E-state index in [9.17, 15) is 4.79 Å². The first-order chi connectivity index (χ1) is 9.65. The Hall–Kier alpha value is -1.81. The second-order valence-electron chi connectivity index (χ2n) is 4.61. The number of pyridine rings is 1. The normalized spacial score (nSPS) is 11.9. The van der Waals surface area contributed by atoms with Crippen molar-refractivity contribution in [3.8, 4) is 0 Å². The van der Waals surface area contributed by atoms with Gasteiger partial charge in [0, 0.05) is 11.1 Å². The first-order valence-electron chi connectivity index (χ1n) is 6.56. The van der Waals surface area contributed by atoms with Gasteiger partial charge in [-0.1, -0.05) is 23.8 Å². The molecule has 0 aliphatic heterocycles. The van der Waals surface area contributed by atoms with E-state index in [1.807, 2.05) is 37.3 Å². The molecule has 104 valence electrons. The van der Waals surface area contributed by atoms with Gasteiger partial charge in [-0.05, 0) is 38.1 Å². The summed E-state index contributed by atoms with van der Waals surface area (Å²) in [6, 6.07) is 13.9. The molecule has 1 aromatic carbocycles. The molecule has 0 unspecified atom stereocenters. The summed E-state index contributed by atoms with van der Waals surface area (Å²) in [5.74, 6) is 0.0289. The Morgan fingerprint density at radius 1 is 1.25 bits per heavy atom. The summed E-state index contributed by atoms with van der Waals surface area (Å²) in [5, 5.41) is 2.78. The molecule has 1 N–H and O–H groups in total. The van der Waals surface area contributed by atoms with E-state index in [0.717, 1.165) is 10.6 Å². The van der Waals surface area contributed by atoms with Crippen LogP contribution in [-0.2, 0) is 11.3 Å². The van der Waals surface area contributed by atoms with Gasteiger partial charge in [0.15, 0.2) is 0 Å². The Morgan fingerprint density at radius 2 is 2.00 bits per heavy atom. The maximum atomic E-state index is 12.0. The third kappa shape index (κ3) is 4.38. The van der Waals surface area contributed by atoms with E-state index in [-0.39, 0.29) is 11.2 Å². The van der Waals surface area contributed by atoms with Crippen molar-refractivity contribution < 1.29 is 4.79 Å². The summed E-state index contributed by atoms with van der Waals surface area (Å²) in [5.41, 5.74) is 2.09. The van der Waals surface area contributed by atoms with Gasteiger partial charge in [0.1, 0.15) is 0 Å². The van der Waals surface area contributed by atoms with Crippen LogP contribution in [0.1, 0.15) is 18.2 Å². The quantitative estimate of drug-likeness (QED) is 0.858. The number of aryl methyl sites for hydroxylation is 1. The van der Waals surface area contributed by atoms with Crippen molar-refractivity contribution in [2.45, 2.75) is 30.5 Å². The van der Waals surface area contributed by atoms with E-state index in [4.69, 9.17) is 0 Å². The number of hydrogen-bond donors (Lipinski definition) is 1. The van der Waals surface area contributed by atoms with Gasteiger partial charge in [0.25, 0.3) is 0 Å². The van der Waals surface area contributed by atoms with Crippen LogP contribution in [0.15, 0.2) is 53.6 Å². The lowest BCUT2D eigenvalue weighted by atomic mass is 10.2. The van der Waals surface area contributed by atoms with Crippen LogP contribution in [0.4, 0.5) is 0 Å². The van der Waals surface area contributed by atoms with Gasteiger partial charge in [0.05, 0.1) is 17.5 Å². The maximum Gasteiger partial charge on any atom is 0.233 e. The van der Waals surface area contributed by atoms with Gasteiger partial charge in [-0.25, -0.2) is 0 Å². The summed E-state index contributed by atoms with van der Waals surface area (Å²) < 4.78 is 0. The number of amides is 1. The molecular weight excluding hydrogens is 268 g/mol. The fourth-order valence-corrected chi connectivity index (χ4v) is 2.59. The molecule has 0 saturated carbocycles. The lowest BCUT2D eigenvalue weighted by Crippen LogP contribution is -2.30. The van der Waals surface area contributed by atoms with Crippen molar-refractivity contribution in [3.05, 3.63) is 59.9 Å². The summed E-state index contributed by atoms with van der Waals surface area (Å²) in [7, 11) is 0. The largest absolute Gasteiger partial charge is 0.349 e. The molecule has 0 bridgehead atoms. The standard InChI is InChI=1S/C16H18N2OS/c1-12-6-8-15(9-7-12)20-13(2)16(19)18-11-14-5-3-4-10-17-14/h3-10,13H,11H2,1-2H3,(H,18,19)/t13-/m1/s1. The van der Waals surface area contributed by atoms with E-state index in [0.29, 0.717) is 6.54 Å². The lowest BCUT2D eigenvalue weighted by Gasteiger charge is -2.12. The van der Waals surface area contributed by atoms with E-state index >= 15 is 0 Å². The Morgan fingerprint density at radius 3 is 2.65 bits per heavy atom. The van der Waals surface area contributed by atoms with Gasteiger partial charge in [-0.3, -0.25) is 9.78 Å². The van der Waals surface area contributed by atoms with Crippen molar-refractivity contribution in [2.24, 2.45) is 0 Å². The number of carbonyl (C=O) groups excluding carboxylic acids is 1. The zero-order valence-electron chi connectivity index (χ0n) is 11.7. The van der Waals surface area contributed by atoms with Crippen molar-refractivity contribution >= 4 is 17.7 Å². The second kappa shape index (κ2) is 7.10. The number of hydrogen-bond acceptors (Lipinski definition) is 3. The molecular formula is C16H18N2OS.